The summed E-state index contributed by atoms with van der Waals surface area (Å²) in [5, 5.41) is 0. The van der Waals surface area contributed by atoms with E-state index >= 15 is 0 Å². The monoisotopic (exact) mass is 137 g/mol. The maximum atomic E-state index is 5.21. The van der Waals surface area contributed by atoms with Gasteiger partial charge >= 0.3 is 0 Å². The van der Waals surface area contributed by atoms with Crippen molar-refractivity contribution in [3.8, 4) is 0 Å². The number of nitrogens with two attached hydrogens (primary N) is 1. The maximum absolute atomic E-state index is 5.21. The van der Waals surface area contributed by atoms with Gasteiger partial charge in [-0.15, -0.1) is 0 Å². The van der Waals surface area contributed by atoms with E-state index in [2.05, 4.69) is 15.9 Å². The summed E-state index contributed by atoms with van der Waals surface area (Å²) in [6.45, 7) is 2.03. The predicted octanol–water partition coefficient (Wildman–Crippen LogP) is 1.08. The van der Waals surface area contributed by atoms with Crippen molar-refractivity contribution in [2.75, 3.05) is 0 Å². The average molecular weight is 138 g/mol. The summed E-state index contributed by atoms with van der Waals surface area (Å²) in [5.74, 6) is 0. The molecule has 0 amide bonds. The number of rotatable bonds is 1. The summed E-state index contributed by atoms with van der Waals surface area (Å²) in [6.07, 6.45) is 1.00. The summed E-state index contributed by atoms with van der Waals surface area (Å²) >= 11 is 3.15. The van der Waals surface area contributed by atoms with Gasteiger partial charge in [-0.1, -0.05) is 22.9 Å². The molecule has 0 fully saturated rings. The Bertz CT molecular complexity index is 20.9. The van der Waals surface area contributed by atoms with Gasteiger partial charge in [0.05, 0.1) is 4.95 Å². The molecule has 0 aliphatic heterocycles. The highest BCUT2D eigenvalue weighted by Crippen LogP contribution is 1.91. The molecule has 0 bridgehead atoms. The van der Waals surface area contributed by atoms with Crippen LogP contribution in [-0.2, 0) is 0 Å². The van der Waals surface area contributed by atoms with E-state index in [4.69, 9.17) is 5.73 Å². The molecule has 2 N–H and O–H groups in total. The molecule has 0 aromatic carbocycles. The molecule has 5 heavy (non-hydrogen) atoms. The fraction of sp³-hybridized carbons (Fsp3) is 1.00. The van der Waals surface area contributed by atoms with Crippen LogP contribution in [0.5, 0.6) is 0 Å². The molecule has 0 aliphatic rings. The van der Waals surface area contributed by atoms with Gasteiger partial charge < -0.3 is 5.73 Å². The Morgan fingerprint density at radius 2 is 2.20 bits per heavy atom. The van der Waals surface area contributed by atoms with Crippen LogP contribution in [0.4, 0.5) is 0 Å². The Labute approximate surface area is 40.7 Å². The number of hydrogen-bond donors (Lipinski definition) is 1. The minimum absolute atomic E-state index is 0.197. The van der Waals surface area contributed by atoms with Crippen LogP contribution in [0.3, 0.4) is 0 Å². The van der Waals surface area contributed by atoms with Crippen LogP contribution in [0.1, 0.15) is 13.3 Å². The molecule has 1 unspecified atom stereocenters. The van der Waals surface area contributed by atoms with Gasteiger partial charge in [0.1, 0.15) is 0 Å². The molecular weight excluding hydrogens is 130 g/mol. The van der Waals surface area contributed by atoms with Gasteiger partial charge in [0, 0.05) is 0 Å². The molecular formula is C3H8BrN. The summed E-state index contributed by atoms with van der Waals surface area (Å²) in [4.78, 5) is 0.197. The lowest BCUT2D eigenvalue weighted by Gasteiger charge is -1.89. The average Bonchev–Trinajstić information content (AvgIpc) is 1.38. The Morgan fingerprint density at radius 1 is 2.00 bits per heavy atom. The van der Waals surface area contributed by atoms with Crippen LogP contribution in [-0.4, -0.2) is 4.95 Å². The third-order valence-corrected chi connectivity index (χ3v) is 1.04. The van der Waals surface area contributed by atoms with Gasteiger partial charge in [-0.3, -0.25) is 0 Å². The minimum atomic E-state index is 0.197. The van der Waals surface area contributed by atoms with E-state index in [-0.39, 0.29) is 4.95 Å². The lowest BCUT2D eigenvalue weighted by molar-refractivity contribution is 0.884. The minimum Gasteiger partial charge on any atom is -0.319 e. The Hall–Kier alpha value is 0.440. The Balaban J connectivity index is 2.54. The maximum Gasteiger partial charge on any atom is 0.0603 e. The highest BCUT2D eigenvalue weighted by Gasteiger charge is 1.82. The third kappa shape index (κ3) is 4.44. The summed E-state index contributed by atoms with van der Waals surface area (Å²) in [5.41, 5.74) is 5.21. The molecule has 0 aromatic rings. The van der Waals surface area contributed by atoms with Crippen molar-refractivity contribution in [3.63, 3.8) is 0 Å². The normalized spacial score (nSPS) is 15.0. The van der Waals surface area contributed by atoms with Crippen LogP contribution >= 0.6 is 15.9 Å². The zero-order chi connectivity index (χ0) is 4.28. The second-order valence-corrected chi connectivity index (χ2v) is 2.10. The SMILES string of the molecule is CCC(N)Br. The van der Waals surface area contributed by atoms with Gasteiger partial charge in [-0.25, -0.2) is 0 Å². The summed E-state index contributed by atoms with van der Waals surface area (Å²) in [6, 6.07) is 0. The first-order valence-corrected chi connectivity index (χ1v) is 2.58. The van der Waals surface area contributed by atoms with E-state index in [1.54, 1.807) is 0 Å². The van der Waals surface area contributed by atoms with E-state index in [9.17, 15) is 0 Å². The van der Waals surface area contributed by atoms with Crippen molar-refractivity contribution in [1.82, 2.24) is 0 Å². The van der Waals surface area contributed by atoms with Crippen LogP contribution in [0.25, 0.3) is 0 Å². The van der Waals surface area contributed by atoms with E-state index in [0.717, 1.165) is 6.42 Å². The van der Waals surface area contributed by atoms with Crippen LogP contribution < -0.4 is 5.73 Å². The van der Waals surface area contributed by atoms with Crippen molar-refractivity contribution in [2.45, 2.75) is 18.3 Å². The lowest BCUT2D eigenvalue weighted by Crippen LogP contribution is -2.07. The Kier molecular flexibility index (Phi) is 2.90. The molecule has 0 aromatic heterocycles. The first-order valence-electron chi connectivity index (χ1n) is 1.67. The van der Waals surface area contributed by atoms with Gasteiger partial charge in [-0.05, 0) is 6.42 Å². The molecule has 0 saturated heterocycles. The fourth-order valence-corrected chi connectivity index (χ4v) is 0. The van der Waals surface area contributed by atoms with E-state index < -0.39 is 0 Å². The molecule has 0 rings (SSSR count). The van der Waals surface area contributed by atoms with Gasteiger partial charge in [0.2, 0.25) is 0 Å². The largest absolute Gasteiger partial charge is 0.319 e. The molecule has 0 spiro atoms. The molecule has 0 saturated carbocycles. The van der Waals surface area contributed by atoms with Crippen LogP contribution in [0.2, 0.25) is 0 Å². The molecule has 32 valence electrons. The van der Waals surface area contributed by atoms with E-state index in [0.29, 0.717) is 0 Å². The van der Waals surface area contributed by atoms with Crippen molar-refractivity contribution in [2.24, 2.45) is 5.73 Å². The predicted molar refractivity (Wildman–Crippen MR) is 27.2 cm³/mol. The fourth-order valence-electron chi connectivity index (χ4n) is 0. The standard InChI is InChI=1S/C3H8BrN/c1-2-3(4)5/h3H,2,5H2,1H3. The highest BCUT2D eigenvalue weighted by molar-refractivity contribution is 9.09. The number of hydrogen-bond acceptors (Lipinski definition) is 1. The lowest BCUT2D eigenvalue weighted by atomic mass is 10.5. The topological polar surface area (TPSA) is 26.0 Å². The van der Waals surface area contributed by atoms with E-state index in [1.165, 1.54) is 0 Å². The Morgan fingerprint density at radius 3 is 2.20 bits per heavy atom. The van der Waals surface area contributed by atoms with Crippen LogP contribution in [0.15, 0.2) is 0 Å². The smallest absolute Gasteiger partial charge is 0.0603 e. The number of alkyl halides is 1. The zero-order valence-electron chi connectivity index (χ0n) is 3.24. The van der Waals surface area contributed by atoms with Crippen molar-refractivity contribution in [3.05, 3.63) is 0 Å². The summed E-state index contributed by atoms with van der Waals surface area (Å²) < 4.78 is 0. The molecule has 0 radical (unpaired) electrons. The first-order chi connectivity index (χ1) is 2.27. The van der Waals surface area contributed by atoms with Gasteiger partial charge in [0.25, 0.3) is 0 Å². The first kappa shape index (κ1) is 5.44. The quantitative estimate of drug-likeness (QED) is 0.425. The van der Waals surface area contributed by atoms with Crippen molar-refractivity contribution in [1.29, 1.82) is 0 Å². The number of halogens is 1. The second-order valence-electron chi connectivity index (χ2n) is 0.924. The van der Waals surface area contributed by atoms with Crippen molar-refractivity contribution < 1.29 is 0 Å². The molecule has 1 atom stereocenters. The molecule has 2 heteroatoms. The highest BCUT2D eigenvalue weighted by atomic mass is 79.9. The zero-order valence-corrected chi connectivity index (χ0v) is 4.83. The van der Waals surface area contributed by atoms with Crippen molar-refractivity contribution >= 4 is 15.9 Å². The second kappa shape index (κ2) is 2.67. The molecule has 1 nitrogen and oxygen atoms in total. The molecule has 0 aliphatic carbocycles. The van der Waals surface area contributed by atoms with Gasteiger partial charge in [0.15, 0.2) is 0 Å². The van der Waals surface area contributed by atoms with Gasteiger partial charge in [-0.2, -0.15) is 0 Å². The third-order valence-electron chi connectivity index (χ3n) is 0.390. The van der Waals surface area contributed by atoms with Crippen LogP contribution in [0, 0.1) is 0 Å². The van der Waals surface area contributed by atoms with E-state index in [1.807, 2.05) is 6.92 Å². The molecule has 0 heterocycles. The summed E-state index contributed by atoms with van der Waals surface area (Å²) in [7, 11) is 0.